The summed E-state index contributed by atoms with van der Waals surface area (Å²) in [6.07, 6.45) is 2.32. The molecule has 0 spiro atoms. The number of alkyl halides is 4. The van der Waals surface area contributed by atoms with Crippen LogP contribution in [0.4, 0.5) is 13.2 Å². The molecule has 0 heterocycles. The van der Waals surface area contributed by atoms with Crippen molar-refractivity contribution in [3.8, 4) is 0 Å². The monoisotopic (exact) mass is 272 g/mol. The molecule has 102 valence electrons. The predicted molar refractivity (Wildman–Crippen MR) is 62.3 cm³/mol. The zero-order valence-corrected chi connectivity index (χ0v) is 10.7. The molecule has 17 heavy (non-hydrogen) atoms. The average molecular weight is 273 g/mol. The van der Waals surface area contributed by atoms with Crippen LogP contribution in [0.1, 0.15) is 38.5 Å². The van der Waals surface area contributed by atoms with E-state index >= 15 is 0 Å². The molecule has 0 N–H and O–H groups in total. The van der Waals surface area contributed by atoms with Crippen LogP contribution in [-0.4, -0.2) is 25.3 Å². The summed E-state index contributed by atoms with van der Waals surface area (Å²) in [5.41, 5.74) is 0. The summed E-state index contributed by atoms with van der Waals surface area (Å²) in [5.74, 6) is 1.74. The molecule has 0 bridgehead atoms. The Bertz CT molecular complexity index is 202. The van der Waals surface area contributed by atoms with Gasteiger partial charge in [0.2, 0.25) is 0 Å². The van der Waals surface area contributed by atoms with Crippen molar-refractivity contribution >= 4 is 11.6 Å². The van der Waals surface area contributed by atoms with E-state index in [2.05, 4.69) is 4.74 Å². The predicted octanol–water partition coefficient (Wildman–Crippen LogP) is 4.39. The van der Waals surface area contributed by atoms with Crippen molar-refractivity contribution in [3.63, 3.8) is 0 Å². The maximum atomic E-state index is 11.8. The van der Waals surface area contributed by atoms with E-state index in [9.17, 15) is 13.2 Å². The van der Waals surface area contributed by atoms with Crippen molar-refractivity contribution in [2.45, 2.75) is 44.7 Å². The molecule has 0 amide bonds. The minimum atomic E-state index is -4.21. The quantitative estimate of drug-likeness (QED) is 0.493. The number of rotatable bonds is 7. The molecule has 1 rings (SSSR count). The third kappa shape index (κ3) is 6.51. The molecular weight excluding hydrogens is 253 g/mol. The highest BCUT2D eigenvalue weighted by molar-refractivity contribution is 6.18. The first kappa shape index (κ1) is 15.1. The standard InChI is InChI=1S/C12H20ClF3O/c13-8-11(10-4-1-2-5-10)6-3-7-17-9-12(14,15)16/h10-11H,1-9H2. The fraction of sp³-hybridized carbons (Fsp3) is 1.00. The van der Waals surface area contributed by atoms with Crippen LogP contribution in [-0.2, 0) is 4.74 Å². The van der Waals surface area contributed by atoms with Crippen LogP contribution >= 0.6 is 11.6 Å². The Hall–Kier alpha value is 0.0400. The smallest absolute Gasteiger partial charge is 0.372 e. The Morgan fingerprint density at radius 3 is 2.41 bits per heavy atom. The number of hydrogen-bond donors (Lipinski definition) is 0. The Kier molecular flexibility index (Phi) is 6.63. The minimum absolute atomic E-state index is 0.180. The van der Waals surface area contributed by atoms with Gasteiger partial charge in [-0.3, -0.25) is 0 Å². The zero-order valence-electron chi connectivity index (χ0n) is 9.94. The number of ether oxygens (including phenoxy) is 1. The Balaban J connectivity index is 2.07. The lowest BCUT2D eigenvalue weighted by Crippen LogP contribution is -2.18. The van der Waals surface area contributed by atoms with E-state index in [0.717, 1.165) is 6.42 Å². The third-order valence-corrected chi connectivity index (χ3v) is 3.79. The van der Waals surface area contributed by atoms with Gasteiger partial charge in [-0.15, -0.1) is 11.6 Å². The van der Waals surface area contributed by atoms with Crippen LogP contribution in [0.2, 0.25) is 0 Å². The fourth-order valence-electron chi connectivity index (χ4n) is 2.50. The maximum Gasteiger partial charge on any atom is 0.411 e. The first-order valence-corrected chi connectivity index (χ1v) is 6.77. The Labute approximate surface area is 106 Å². The average Bonchev–Trinajstić information content (AvgIpc) is 2.75. The van der Waals surface area contributed by atoms with Crippen molar-refractivity contribution in [1.82, 2.24) is 0 Å². The highest BCUT2D eigenvalue weighted by Crippen LogP contribution is 2.34. The first-order valence-electron chi connectivity index (χ1n) is 6.23. The van der Waals surface area contributed by atoms with E-state index in [-0.39, 0.29) is 6.61 Å². The van der Waals surface area contributed by atoms with E-state index in [1.165, 1.54) is 25.7 Å². The van der Waals surface area contributed by atoms with Gasteiger partial charge in [-0.05, 0) is 24.7 Å². The Morgan fingerprint density at radius 1 is 1.24 bits per heavy atom. The van der Waals surface area contributed by atoms with Crippen molar-refractivity contribution < 1.29 is 17.9 Å². The second kappa shape index (κ2) is 7.47. The molecule has 0 saturated heterocycles. The molecule has 5 heteroatoms. The van der Waals surface area contributed by atoms with Crippen LogP contribution < -0.4 is 0 Å². The van der Waals surface area contributed by atoms with Crippen LogP contribution in [0.15, 0.2) is 0 Å². The Morgan fingerprint density at radius 2 is 1.88 bits per heavy atom. The van der Waals surface area contributed by atoms with Gasteiger partial charge in [0.15, 0.2) is 0 Å². The molecule has 0 aromatic rings. The summed E-state index contributed by atoms with van der Waals surface area (Å²) < 4.78 is 40.0. The molecule has 1 unspecified atom stereocenters. The molecule has 0 aromatic heterocycles. The second-order valence-corrected chi connectivity index (χ2v) is 5.08. The summed E-state index contributed by atoms with van der Waals surface area (Å²) in [4.78, 5) is 0. The first-order chi connectivity index (χ1) is 8.03. The number of hydrogen-bond acceptors (Lipinski definition) is 1. The molecule has 0 aliphatic heterocycles. The van der Waals surface area contributed by atoms with Crippen LogP contribution in [0.3, 0.4) is 0 Å². The van der Waals surface area contributed by atoms with E-state index in [4.69, 9.17) is 11.6 Å². The van der Waals surface area contributed by atoms with Gasteiger partial charge >= 0.3 is 6.18 Å². The molecule has 1 atom stereocenters. The van der Waals surface area contributed by atoms with Gasteiger partial charge in [0.05, 0.1) is 0 Å². The van der Waals surface area contributed by atoms with E-state index in [1.807, 2.05) is 0 Å². The van der Waals surface area contributed by atoms with Crippen LogP contribution in [0, 0.1) is 11.8 Å². The molecule has 1 aliphatic carbocycles. The molecule has 0 radical (unpaired) electrons. The SMILES string of the molecule is FC(F)(F)COCCCC(CCl)C1CCCC1. The summed E-state index contributed by atoms with van der Waals surface area (Å²) in [6, 6.07) is 0. The highest BCUT2D eigenvalue weighted by atomic mass is 35.5. The van der Waals surface area contributed by atoms with Crippen LogP contribution in [0.25, 0.3) is 0 Å². The van der Waals surface area contributed by atoms with Crippen molar-refractivity contribution in [1.29, 1.82) is 0 Å². The molecule has 1 nitrogen and oxygen atoms in total. The van der Waals surface area contributed by atoms with Gasteiger partial charge in [0.25, 0.3) is 0 Å². The molecule has 1 aliphatic rings. The zero-order chi connectivity index (χ0) is 12.7. The van der Waals surface area contributed by atoms with Gasteiger partial charge in [-0.1, -0.05) is 25.7 Å². The van der Waals surface area contributed by atoms with E-state index in [0.29, 0.717) is 24.1 Å². The fourth-order valence-corrected chi connectivity index (χ4v) is 2.91. The van der Waals surface area contributed by atoms with Crippen molar-refractivity contribution in [2.24, 2.45) is 11.8 Å². The van der Waals surface area contributed by atoms with Gasteiger partial charge in [0, 0.05) is 12.5 Å². The van der Waals surface area contributed by atoms with Gasteiger partial charge in [-0.2, -0.15) is 13.2 Å². The van der Waals surface area contributed by atoms with Gasteiger partial charge in [0.1, 0.15) is 6.61 Å². The number of halogens is 4. The summed E-state index contributed by atoms with van der Waals surface area (Å²) in [5, 5.41) is 0. The normalized spacial score (nSPS) is 19.8. The lowest BCUT2D eigenvalue weighted by Gasteiger charge is -2.20. The lowest BCUT2D eigenvalue weighted by atomic mass is 9.89. The summed E-state index contributed by atoms with van der Waals surface area (Å²) >= 11 is 5.91. The van der Waals surface area contributed by atoms with Gasteiger partial charge < -0.3 is 4.74 Å². The third-order valence-electron chi connectivity index (χ3n) is 3.39. The van der Waals surface area contributed by atoms with Crippen molar-refractivity contribution in [3.05, 3.63) is 0 Å². The molecular formula is C12H20ClF3O. The summed E-state index contributed by atoms with van der Waals surface area (Å²) in [6.45, 7) is -0.957. The maximum absolute atomic E-state index is 11.8. The van der Waals surface area contributed by atoms with Gasteiger partial charge in [-0.25, -0.2) is 0 Å². The van der Waals surface area contributed by atoms with E-state index < -0.39 is 12.8 Å². The minimum Gasteiger partial charge on any atom is -0.372 e. The molecule has 1 fully saturated rings. The summed E-state index contributed by atoms with van der Waals surface area (Å²) in [7, 11) is 0. The topological polar surface area (TPSA) is 9.23 Å². The van der Waals surface area contributed by atoms with E-state index in [1.54, 1.807) is 0 Å². The largest absolute Gasteiger partial charge is 0.411 e. The molecule has 1 saturated carbocycles. The lowest BCUT2D eigenvalue weighted by molar-refractivity contribution is -0.174. The van der Waals surface area contributed by atoms with Crippen LogP contribution in [0.5, 0.6) is 0 Å². The second-order valence-electron chi connectivity index (χ2n) is 4.77. The molecule has 0 aromatic carbocycles. The van der Waals surface area contributed by atoms with Crippen molar-refractivity contribution in [2.75, 3.05) is 19.1 Å². The highest BCUT2D eigenvalue weighted by Gasteiger charge is 2.27.